The maximum Gasteiger partial charge on any atom is 0.0446 e. The van der Waals surface area contributed by atoms with Gasteiger partial charge in [-0.3, -0.25) is 4.90 Å². The second-order valence-corrected chi connectivity index (χ2v) is 4.01. The van der Waals surface area contributed by atoms with Crippen LogP contribution in [-0.4, -0.2) is 66.8 Å². The van der Waals surface area contributed by atoms with Crippen LogP contribution < -0.4 is 5.73 Å². The molecular weight excluding hydrogens is 178 g/mol. The van der Waals surface area contributed by atoms with Gasteiger partial charge in [-0.25, -0.2) is 0 Å². The Balaban J connectivity index is 2.15. The number of likely N-dealkylation sites (N-methyl/N-ethyl adjacent to an activating group) is 1. The molecule has 1 heterocycles. The van der Waals surface area contributed by atoms with Gasteiger partial charge in [0.2, 0.25) is 0 Å². The number of nitrogens with two attached hydrogens (primary N) is 1. The van der Waals surface area contributed by atoms with Gasteiger partial charge in [0.05, 0.1) is 0 Å². The summed E-state index contributed by atoms with van der Waals surface area (Å²) in [4.78, 5) is 4.85. The summed E-state index contributed by atoms with van der Waals surface area (Å²) in [7, 11) is 0. The molecule has 0 aromatic rings. The Kier molecular flexibility index (Phi) is 5.40. The molecule has 3 N–H and O–H groups in total. The average Bonchev–Trinajstić information content (AvgIpc) is 2.19. The van der Waals surface area contributed by atoms with Gasteiger partial charge in [0.25, 0.3) is 0 Å². The molecule has 4 nitrogen and oxygen atoms in total. The van der Waals surface area contributed by atoms with Gasteiger partial charge < -0.3 is 15.7 Å². The summed E-state index contributed by atoms with van der Waals surface area (Å²) in [6.45, 7) is 9.03. The van der Waals surface area contributed by atoms with Crippen molar-refractivity contribution in [1.82, 2.24) is 9.80 Å². The lowest BCUT2D eigenvalue weighted by molar-refractivity contribution is 0.127. The van der Waals surface area contributed by atoms with Crippen LogP contribution in [0, 0.1) is 0 Å². The maximum atomic E-state index is 8.74. The molecule has 0 radical (unpaired) electrons. The zero-order valence-corrected chi connectivity index (χ0v) is 9.15. The Morgan fingerprint density at radius 2 is 1.79 bits per heavy atom. The first-order chi connectivity index (χ1) is 6.76. The number of aliphatic hydroxyl groups is 1. The van der Waals surface area contributed by atoms with Crippen LogP contribution in [0.15, 0.2) is 0 Å². The summed E-state index contributed by atoms with van der Waals surface area (Å²) in [6.07, 6.45) is 0.716. The standard InChI is InChI=1S/C10H23N3O/c1-2-12-4-6-13(7-5-12)9-10(11)3-8-14/h10,14H,2-9,11H2,1H3. The van der Waals surface area contributed by atoms with Gasteiger partial charge >= 0.3 is 0 Å². The first-order valence-electron chi connectivity index (χ1n) is 5.57. The minimum absolute atomic E-state index is 0.133. The van der Waals surface area contributed by atoms with Crippen LogP contribution in [0.2, 0.25) is 0 Å². The summed E-state index contributed by atoms with van der Waals surface area (Å²) in [5, 5.41) is 8.74. The van der Waals surface area contributed by atoms with Gasteiger partial charge in [0.1, 0.15) is 0 Å². The van der Waals surface area contributed by atoms with Crippen LogP contribution in [0.25, 0.3) is 0 Å². The number of hydrogen-bond acceptors (Lipinski definition) is 4. The van der Waals surface area contributed by atoms with Crippen molar-refractivity contribution in [1.29, 1.82) is 0 Å². The highest BCUT2D eigenvalue weighted by molar-refractivity contribution is 4.74. The molecule has 1 unspecified atom stereocenters. The van der Waals surface area contributed by atoms with Crippen molar-refractivity contribution in [3.05, 3.63) is 0 Å². The molecule has 0 spiro atoms. The second kappa shape index (κ2) is 6.35. The lowest BCUT2D eigenvalue weighted by Crippen LogP contribution is -2.49. The highest BCUT2D eigenvalue weighted by Gasteiger charge is 2.16. The molecule has 0 aromatic heterocycles. The Bertz CT molecular complexity index is 146. The van der Waals surface area contributed by atoms with Crippen molar-refractivity contribution >= 4 is 0 Å². The third-order valence-corrected chi connectivity index (χ3v) is 2.90. The number of piperazine rings is 1. The quantitative estimate of drug-likeness (QED) is 0.620. The van der Waals surface area contributed by atoms with Crippen LogP contribution in [-0.2, 0) is 0 Å². The maximum absolute atomic E-state index is 8.74. The van der Waals surface area contributed by atoms with Crippen molar-refractivity contribution in [2.45, 2.75) is 19.4 Å². The minimum Gasteiger partial charge on any atom is -0.396 e. The topological polar surface area (TPSA) is 52.7 Å². The highest BCUT2D eigenvalue weighted by Crippen LogP contribution is 2.02. The van der Waals surface area contributed by atoms with Gasteiger partial charge in [-0.15, -0.1) is 0 Å². The second-order valence-electron chi connectivity index (χ2n) is 4.01. The van der Waals surface area contributed by atoms with Crippen LogP contribution in [0.1, 0.15) is 13.3 Å². The molecule has 0 bridgehead atoms. The number of nitrogens with zero attached hydrogens (tertiary/aromatic N) is 2. The molecule has 1 aliphatic heterocycles. The molecule has 14 heavy (non-hydrogen) atoms. The molecule has 0 saturated carbocycles. The monoisotopic (exact) mass is 201 g/mol. The average molecular weight is 201 g/mol. The van der Waals surface area contributed by atoms with E-state index in [1.165, 1.54) is 0 Å². The summed E-state index contributed by atoms with van der Waals surface area (Å²) >= 11 is 0. The highest BCUT2D eigenvalue weighted by atomic mass is 16.3. The predicted octanol–water partition coefficient (Wildman–Crippen LogP) is -0.666. The van der Waals surface area contributed by atoms with Gasteiger partial charge in [-0.1, -0.05) is 6.92 Å². The first kappa shape index (κ1) is 11.9. The summed E-state index contributed by atoms with van der Waals surface area (Å²) in [5.74, 6) is 0. The summed E-state index contributed by atoms with van der Waals surface area (Å²) in [6, 6.07) is 0.133. The SMILES string of the molecule is CCN1CCN(CC(N)CCO)CC1. The lowest BCUT2D eigenvalue weighted by Gasteiger charge is -2.35. The number of aliphatic hydroxyl groups excluding tert-OH is 1. The van der Waals surface area contributed by atoms with E-state index in [1.54, 1.807) is 0 Å². The van der Waals surface area contributed by atoms with Gasteiger partial charge in [-0.05, 0) is 13.0 Å². The Labute approximate surface area is 86.7 Å². The van der Waals surface area contributed by atoms with Gasteiger partial charge in [0.15, 0.2) is 0 Å². The molecule has 0 aromatic carbocycles. The molecule has 1 saturated heterocycles. The van der Waals surface area contributed by atoms with Crippen molar-refractivity contribution < 1.29 is 5.11 Å². The third-order valence-electron chi connectivity index (χ3n) is 2.90. The molecule has 1 atom stereocenters. The molecule has 0 amide bonds. The fourth-order valence-corrected chi connectivity index (χ4v) is 1.88. The van der Waals surface area contributed by atoms with Gasteiger partial charge in [0, 0.05) is 45.4 Å². The van der Waals surface area contributed by atoms with E-state index in [-0.39, 0.29) is 12.6 Å². The molecular formula is C10H23N3O. The largest absolute Gasteiger partial charge is 0.396 e. The number of rotatable bonds is 5. The van der Waals surface area contributed by atoms with Crippen LogP contribution in [0.5, 0.6) is 0 Å². The normalized spacial score (nSPS) is 22.5. The van der Waals surface area contributed by atoms with E-state index in [4.69, 9.17) is 10.8 Å². The van der Waals surface area contributed by atoms with E-state index in [0.717, 1.165) is 39.3 Å². The molecule has 84 valence electrons. The molecule has 1 fully saturated rings. The fraction of sp³-hybridized carbons (Fsp3) is 1.00. The van der Waals surface area contributed by atoms with E-state index in [1.807, 2.05) is 0 Å². The van der Waals surface area contributed by atoms with E-state index in [0.29, 0.717) is 6.42 Å². The Hall–Kier alpha value is -0.160. The molecule has 0 aliphatic carbocycles. The Morgan fingerprint density at radius 1 is 1.21 bits per heavy atom. The predicted molar refractivity (Wildman–Crippen MR) is 58.2 cm³/mol. The first-order valence-corrected chi connectivity index (χ1v) is 5.57. The van der Waals surface area contributed by atoms with Crippen molar-refractivity contribution in [2.24, 2.45) is 5.73 Å². The summed E-state index contributed by atoms with van der Waals surface area (Å²) in [5.41, 5.74) is 5.87. The molecule has 1 rings (SSSR count). The van der Waals surface area contributed by atoms with E-state index in [2.05, 4.69) is 16.7 Å². The summed E-state index contributed by atoms with van der Waals surface area (Å²) < 4.78 is 0. The third kappa shape index (κ3) is 3.92. The van der Waals surface area contributed by atoms with Crippen molar-refractivity contribution in [2.75, 3.05) is 45.9 Å². The zero-order valence-electron chi connectivity index (χ0n) is 9.15. The van der Waals surface area contributed by atoms with Crippen molar-refractivity contribution in [3.8, 4) is 0 Å². The number of hydrogen-bond donors (Lipinski definition) is 2. The molecule has 4 heteroatoms. The van der Waals surface area contributed by atoms with Crippen LogP contribution in [0.3, 0.4) is 0 Å². The van der Waals surface area contributed by atoms with Gasteiger partial charge in [-0.2, -0.15) is 0 Å². The lowest BCUT2D eigenvalue weighted by atomic mass is 10.2. The van der Waals surface area contributed by atoms with Crippen LogP contribution >= 0.6 is 0 Å². The zero-order chi connectivity index (χ0) is 10.4. The smallest absolute Gasteiger partial charge is 0.0446 e. The van der Waals surface area contributed by atoms with E-state index >= 15 is 0 Å². The van der Waals surface area contributed by atoms with E-state index < -0.39 is 0 Å². The fourth-order valence-electron chi connectivity index (χ4n) is 1.88. The van der Waals surface area contributed by atoms with Crippen LogP contribution in [0.4, 0.5) is 0 Å². The minimum atomic E-state index is 0.133. The Morgan fingerprint density at radius 3 is 2.29 bits per heavy atom. The van der Waals surface area contributed by atoms with E-state index in [9.17, 15) is 0 Å². The molecule has 1 aliphatic rings. The van der Waals surface area contributed by atoms with Crippen molar-refractivity contribution in [3.63, 3.8) is 0 Å².